The fraction of sp³-hybridized carbons (Fsp3) is 0.300. The molecule has 0 saturated carbocycles. The number of rotatable bonds is 4. The Morgan fingerprint density at radius 2 is 2.11 bits per heavy atom. The van der Waals surface area contributed by atoms with Gasteiger partial charge in [-0.1, -0.05) is 24.4 Å². The molecule has 6 nitrogen and oxygen atoms in total. The zero-order chi connectivity index (χ0) is 19.7. The minimum absolute atomic E-state index is 0.249. The fourth-order valence-electron chi connectivity index (χ4n) is 3.43. The van der Waals surface area contributed by atoms with E-state index in [2.05, 4.69) is 15.3 Å². The molecule has 1 aromatic carbocycles. The Morgan fingerprint density at radius 3 is 2.93 bits per heavy atom. The lowest BCUT2D eigenvalue weighted by Crippen LogP contribution is -2.21. The van der Waals surface area contributed by atoms with Gasteiger partial charge in [0.2, 0.25) is 0 Å². The highest BCUT2D eigenvalue weighted by molar-refractivity contribution is 7.81. The fourth-order valence-corrected chi connectivity index (χ4v) is 4.97. The van der Waals surface area contributed by atoms with Gasteiger partial charge in [-0.15, -0.1) is 11.3 Å². The van der Waals surface area contributed by atoms with E-state index in [1.165, 1.54) is 16.2 Å². The highest BCUT2D eigenvalue weighted by Gasteiger charge is 2.27. The number of benzene rings is 1. The summed E-state index contributed by atoms with van der Waals surface area (Å²) in [5.41, 5.74) is 1.94. The van der Waals surface area contributed by atoms with Gasteiger partial charge in [0.05, 0.1) is 23.1 Å². The van der Waals surface area contributed by atoms with Crippen LogP contribution in [0.25, 0.3) is 10.9 Å². The maximum Gasteiger partial charge on any atom is 0.341 e. The van der Waals surface area contributed by atoms with Gasteiger partial charge >= 0.3 is 5.97 Å². The quantitative estimate of drug-likeness (QED) is 0.500. The predicted molar refractivity (Wildman–Crippen MR) is 115 cm³/mol. The van der Waals surface area contributed by atoms with Crippen molar-refractivity contribution in [1.82, 2.24) is 9.97 Å². The molecule has 2 heterocycles. The van der Waals surface area contributed by atoms with Crippen LogP contribution in [-0.2, 0) is 17.6 Å². The number of ether oxygens (including phenoxy) is 1. The molecule has 0 spiro atoms. The van der Waals surface area contributed by atoms with Crippen LogP contribution in [0.4, 0.5) is 5.00 Å². The van der Waals surface area contributed by atoms with Crippen LogP contribution in [0, 0.1) is 0 Å². The Hall–Kier alpha value is -2.58. The highest BCUT2D eigenvalue weighted by atomic mass is 32.1. The average molecular weight is 414 g/mol. The number of aromatic nitrogens is 2. The van der Waals surface area contributed by atoms with Crippen molar-refractivity contribution in [2.24, 2.45) is 0 Å². The third-order valence-corrected chi connectivity index (χ3v) is 6.21. The Kier molecular flexibility index (Phi) is 5.23. The number of para-hydroxylation sites is 1. The molecule has 0 atom stereocenters. The van der Waals surface area contributed by atoms with Crippen LogP contribution in [0.2, 0.25) is 0 Å². The number of nitrogens with zero attached hydrogens (tertiary/aromatic N) is 1. The standard InChI is InChI=1S/C20H19N3O3S2/c1-2-26-20(25)15-12-8-4-6-10-14(12)28-19(15)23-18(27)16-21-13-9-5-3-7-11(13)17(24)22-16/h3,5,7,9H,2,4,6,8,10H2,1H3,(H,23,27)(H,21,22,24). The largest absolute Gasteiger partial charge is 0.462 e. The van der Waals surface area contributed by atoms with Gasteiger partial charge in [-0.3, -0.25) is 4.79 Å². The lowest BCUT2D eigenvalue weighted by atomic mass is 9.95. The minimum Gasteiger partial charge on any atom is -0.462 e. The number of fused-ring (bicyclic) bond motifs is 2. The predicted octanol–water partition coefficient (Wildman–Crippen LogP) is 3.83. The van der Waals surface area contributed by atoms with Gasteiger partial charge in [0.1, 0.15) is 9.99 Å². The summed E-state index contributed by atoms with van der Waals surface area (Å²) in [6.07, 6.45) is 3.98. The molecule has 2 aromatic heterocycles. The molecule has 28 heavy (non-hydrogen) atoms. The average Bonchev–Trinajstić information content (AvgIpc) is 3.06. The van der Waals surface area contributed by atoms with E-state index in [1.54, 1.807) is 25.1 Å². The molecule has 0 aliphatic heterocycles. The third-order valence-electron chi connectivity index (χ3n) is 4.71. The van der Waals surface area contributed by atoms with E-state index in [0.29, 0.717) is 28.1 Å². The number of nitrogens with one attached hydrogen (secondary N) is 2. The van der Waals surface area contributed by atoms with Crippen molar-refractivity contribution in [1.29, 1.82) is 0 Å². The summed E-state index contributed by atoms with van der Waals surface area (Å²) in [4.78, 5) is 33.5. The van der Waals surface area contributed by atoms with Crippen molar-refractivity contribution in [3.05, 3.63) is 56.4 Å². The topological polar surface area (TPSA) is 84.1 Å². The first-order chi connectivity index (χ1) is 13.6. The number of thiophene rings is 1. The van der Waals surface area contributed by atoms with Gasteiger partial charge in [0.25, 0.3) is 5.56 Å². The molecule has 1 aliphatic rings. The zero-order valence-corrected chi connectivity index (χ0v) is 17.0. The van der Waals surface area contributed by atoms with E-state index < -0.39 is 0 Å². The van der Waals surface area contributed by atoms with Gasteiger partial charge in [-0.25, -0.2) is 9.78 Å². The first-order valence-corrected chi connectivity index (χ1v) is 10.4. The second kappa shape index (κ2) is 7.81. The summed E-state index contributed by atoms with van der Waals surface area (Å²) in [5.74, 6) is -0.0629. The van der Waals surface area contributed by atoms with Crippen molar-refractivity contribution in [3.63, 3.8) is 0 Å². The summed E-state index contributed by atoms with van der Waals surface area (Å²) < 4.78 is 5.27. The van der Waals surface area contributed by atoms with Crippen LogP contribution >= 0.6 is 23.6 Å². The smallest absolute Gasteiger partial charge is 0.341 e. The van der Waals surface area contributed by atoms with E-state index >= 15 is 0 Å². The number of carbonyl (C=O) groups is 1. The summed E-state index contributed by atoms with van der Waals surface area (Å²) in [6.45, 7) is 2.10. The number of H-pyrrole nitrogens is 1. The number of carbonyl (C=O) groups excluding carboxylic acids is 1. The van der Waals surface area contributed by atoms with Gasteiger partial charge in [0.15, 0.2) is 5.82 Å². The maximum atomic E-state index is 12.6. The molecule has 2 N–H and O–H groups in total. The zero-order valence-electron chi connectivity index (χ0n) is 15.3. The van der Waals surface area contributed by atoms with Gasteiger partial charge in [-0.05, 0) is 50.3 Å². The molecule has 0 fully saturated rings. The summed E-state index contributed by atoms with van der Waals surface area (Å²) in [7, 11) is 0. The number of hydrogen-bond acceptors (Lipinski definition) is 6. The van der Waals surface area contributed by atoms with E-state index in [-0.39, 0.29) is 22.3 Å². The molecule has 1 aliphatic carbocycles. The van der Waals surface area contributed by atoms with E-state index in [9.17, 15) is 9.59 Å². The molecular formula is C20H19N3O3S2. The first kappa shape index (κ1) is 18.8. The molecule has 8 heteroatoms. The van der Waals surface area contributed by atoms with Crippen molar-refractivity contribution in [3.8, 4) is 0 Å². The lowest BCUT2D eigenvalue weighted by Gasteiger charge is -2.12. The van der Waals surface area contributed by atoms with Crippen LogP contribution in [0.5, 0.6) is 0 Å². The Labute approximate surface area is 171 Å². The van der Waals surface area contributed by atoms with Crippen LogP contribution in [0.3, 0.4) is 0 Å². The van der Waals surface area contributed by atoms with Crippen LogP contribution < -0.4 is 10.9 Å². The maximum absolute atomic E-state index is 12.6. The number of hydrogen-bond donors (Lipinski definition) is 2. The lowest BCUT2D eigenvalue weighted by molar-refractivity contribution is 0.0526. The van der Waals surface area contributed by atoms with Gasteiger partial charge in [0, 0.05) is 4.88 Å². The Bertz CT molecular complexity index is 1130. The van der Waals surface area contributed by atoms with E-state index in [0.717, 1.165) is 31.2 Å². The van der Waals surface area contributed by atoms with Crippen molar-refractivity contribution >= 4 is 50.4 Å². The molecule has 0 radical (unpaired) electrons. The van der Waals surface area contributed by atoms with Gasteiger partial charge in [-0.2, -0.15) is 0 Å². The minimum atomic E-state index is -0.341. The van der Waals surface area contributed by atoms with Crippen LogP contribution in [-0.4, -0.2) is 27.5 Å². The third kappa shape index (κ3) is 3.45. The van der Waals surface area contributed by atoms with Crippen molar-refractivity contribution in [2.75, 3.05) is 11.9 Å². The molecule has 0 unspecified atom stereocenters. The Morgan fingerprint density at radius 1 is 1.32 bits per heavy atom. The number of aromatic amines is 1. The summed E-state index contributed by atoms with van der Waals surface area (Å²) in [5, 5.41) is 4.30. The molecule has 3 aromatic rings. The molecule has 0 saturated heterocycles. The molecule has 0 bridgehead atoms. The van der Waals surface area contributed by atoms with E-state index in [4.69, 9.17) is 17.0 Å². The normalized spacial score (nSPS) is 13.2. The summed E-state index contributed by atoms with van der Waals surface area (Å²) in [6, 6.07) is 7.09. The number of esters is 1. The highest BCUT2D eigenvalue weighted by Crippen LogP contribution is 2.38. The van der Waals surface area contributed by atoms with Crippen LogP contribution in [0.15, 0.2) is 29.1 Å². The first-order valence-electron chi connectivity index (χ1n) is 9.20. The van der Waals surface area contributed by atoms with Gasteiger partial charge < -0.3 is 15.0 Å². The number of anilines is 1. The second-order valence-corrected chi connectivity index (χ2v) is 8.03. The number of aryl methyl sites for hydroxylation is 1. The molecule has 144 valence electrons. The SMILES string of the molecule is CCOC(=O)c1c(NC(=S)c2nc3ccccc3c(=O)[nH]2)sc2c1CCCC2. The van der Waals surface area contributed by atoms with Crippen LogP contribution in [0.1, 0.15) is 46.4 Å². The monoisotopic (exact) mass is 413 g/mol. The Balaban J connectivity index is 1.71. The molecule has 4 rings (SSSR count). The molecular weight excluding hydrogens is 394 g/mol. The van der Waals surface area contributed by atoms with Crippen molar-refractivity contribution in [2.45, 2.75) is 32.6 Å². The van der Waals surface area contributed by atoms with Crippen molar-refractivity contribution < 1.29 is 9.53 Å². The second-order valence-electron chi connectivity index (χ2n) is 6.52. The molecule has 0 amide bonds. The number of thiocarbonyl (C=S) groups is 1. The summed E-state index contributed by atoms with van der Waals surface area (Å²) >= 11 is 7.02. The van der Waals surface area contributed by atoms with E-state index in [1.807, 2.05) is 6.07 Å².